The number of aromatic nitrogens is 3. The van der Waals surface area contributed by atoms with Crippen molar-refractivity contribution in [3.8, 4) is 16.9 Å². The number of carbonyl (C=O) groups is 1. The predicted molar refractivity (Wildman–Crippen MR) is 109 cm³/mol. The van der Waals surface area contributed by atoms with E-state index < -0.39 is 0 Å². The average molecular weight is 389 g/mol. The fourth-order valence-electron chi connectivity index (χ4n) is 2.84. The van der Waals surface area contributed by atoms with Crippen molar-refractivity contribution >= 4 is 17.5 Å². The van der Waals surface area contributed by atoms with E-state index in [1.807, 2.05) is 60.7 Å². The molecule has 0 fully saturated rings. The number of nitrogens with zero attached hydrogens (tertiary/aromatic N) is 3. The molecule has 138 valence electrons. The Morgan fingerprint density at radius 1 is 0.964 bits per heavy atom. The molecular weight excluding hydrogens is 372 g/mol. The van der Waals surface area contributed by atoms with Crippen molar-refractivity contribution in [2.45, 2.75) is 6.54 Å². The highest BCUT2D eigenvalue weighted by atomic mass is 35.5. The first-order valence-corrected chi connectivity index (χ1v) is 9.18. The SMILES string of the molecule is O=C(NCc1ccccn1)c1cc(-c2ccccc2)nn1-c1ccc(Cl)cc1. The van der Waals surface area contributed by atoms with E-state index in [4.69, 9.17) is 11.6 Å². The molecule has 0 aliphatic carbocycles. The van der Waals surface area contributed by atoms with Crippen LogP contribution in [-0.2, 0) is 6.54 Å². The minimum Gasteiger partial charge on any atom is -0.345 e. The lowest BCUT2D eigenvalue weighted by molar-refractivity contribution is 0.0942. The molecule has 0 aliphatic rings. The standard InChI is InChI=1S/C22H17ClN4O/c23-17-9-11-19(12-10-17)27-21(14-20(26-27)16-6-2-1-3-7-16)22(28)25-15-18-8-4-5-13-24-18/h1-14H,15H2,(H,25,28). The summed E-state index contributed by atoms with van der Waals surface area (Å²) in [5, 5.41) is 8.19. The molecule has 2 aromatic heterocycles. The highest BCUT2D eigenvalue weighted by Crippen LogP contribution is 2.22. The first-order valence-electron chi connectivity index (χ1n) is 8.80. The van der Waals surface area contributed by atoms with E-state index in [1.165, 1.54) is 0 Å². The lowest BCUT2D eigenvalue weighted by atomic mass is 10.1. The monoisotopic (exact) mass is 388 g/mol. The van der Waals surface area contributed by atoms with Crippen LogP contribution in [0.3, 0.4) is 0 Å². The summed E-state index contributed by atoms with van der Waals surface area (Å²) in [6.45, 7) is 0.339. The maximum atomic E-state index is 12.9. The molecule has 0 radical (unpaired) electrons. The second-order valence-electron chi connectivity index (χ2n) is 6.17. The number of amides is 1. The number of carbonyl (C=O) groups excluding carboxylic acids is 1. The number of benzene rings is 2. The van der Waals surface area contributed by atoms with Crippen molar-refractivity contribution < 1.29 is 4.79 Å². The second-order valence-corrected chi connectivity index (χ2v) is 6.61. The zero-order valence-corrected chi connectivity index (χ0v) is 15.7. The lowest BCUT2D eigenvalue weighted by Crippen LogP contribution is -2.25. The maximum absolute atomic E-state index is 12.9. The first kappa shape index (κ1) is 17.9. The zero-order chi connectivity index (χ0) is 19.3. The minimum absolute atomic E-state index is 0.227. The average Bonchev–Trinajstić information content (AvgIpc) is 3.19. The Kier molecular flexibility index (Phi) is 5.17. The van der Waals surface area contributed by atoms with Gasteiger partial charge in [0.25, 0.3) is 5.91 Å². The van der Waals surface area contributed by atoms with Crippen LogP contribution in [0.15, 0.2) is 85.1 Å². The molecule has 6 heteroatoms. The van der Waals surface area contributed by atoms with Crippen LogP contribution in [0.5, 0.6) is 0 Å². The van der Waals surface area contributed by atoms with Crippen LogP contribution in [0, 0.1) is 0 Å². The molecule has 28 heavy (non-hydrogen) atoms. The molecule has 0 unspecified atom stereocenters. The largest absolute Gasteiger partial charge is 0.345 e. The van der Waals surface area contributed by atoms with Gasteiger partial charge in [0.05, 0.1) is 23.6 Å². The molecule has 0 saturated heterocycles. The summed E-state index contributed by atoms with van der Waals surface area (Å²) in [5.41, 5.74) is 3.65. The van der Waals surface area contributed by atoms with Gasteiger partial charge in [-0.25, -0.2) is 4.68 Å². The van der Waals surface area contributed by atoms with Gasteiger partial charge < -0.3 is 5.32 Å². The van der Waals surface area contributed by atoms with E-state index in [1.54, 1.807) is 29.1 Å². The van der Waals surface area contributed by atoms with Crippen molar-refractivity contribution in [1.29, 1.82) is 0 Å². The van der Waals surface area contributed by atoms with Gasteiger partial charge in [-0.3, -0.25) is 9.78 Å². The van der Waals surface area contributed by atoms with Crippen molar-refractivity contribution in [3.63, 3.8) is 0 Å². The fraction of sp³-hybridized carbons (Fsp3) is 0.0455. The van der Waals surface area contributed by atoms with E-state index in [0.717, 1.165) is 22.6 Å². The highest BCUT2D eigenvalue weighted by molar-refractivity contribution is 6.30. The lowest BCUT2D eigenvalue weighted by Gasteiger charge is -2.08. The smallest absolute Gasteiger partial charge is 0.270 e. The summed E-state index contributed by atoms with van der Waals surface area (Å²) in [7, 11) is 0. The predicted octanol–water partition coefficient (Wildman–Crippen LogP) is 4.52. The van der Waals surface area contributed by atoms with Crippen LogP contribution < -0.4 is 5.32 Å². The molecule has 1 amide bonds. The molecule has 2 aromatic carbocycles. The van der Waals surface area contributed by atoms with Crippen LogP contribution in [0.4, 0.5) is 0 Å². The quantitative estimate of drug-likeness (QED) is 0.547. The third-order valence-electron chi connectivity index (χ3n) is 4.24. The van der Waals surface area contributed by atoms with E-state index in [0.29, 0.717) is 17.3 Å². The summed E-state index contributed by atoms with van der Waals surface area (Å²) >= 11 is 6.00. The Morgan fingerprint density at radius 3 is 2.43 bits per heavy atom. The fourth-order valence-corrected chi connectivity index (χ4v) is 2.96. The zero-order valence-electron chi connectivity index (χ0n) is 14.9. The van der Waals surface area contributed by atoms with Gasteiger partial charge in [0.2, 0.25) is 0 Å². The van der Waals surface area contributed by atoms with Crippen LogP contribution in [0.1, 0.15) is 16.2 Å². The summed E-state index contributed by atoms with van der Waals surface area (Å²) in [6.07, 6.45) is 1.70. The van der Waals surface area contributed by atoms with Crippen molar-refractivity contribution in [2.75, 3.05) is 0 Å². The number of pyridine rings is 1. The molecular formula is C22H17ClN4O. The Hall–Kier alpha value is -3.44. The van der Waals surface area contributed by atoms with Gasteiger partial charge in [-0.2, -0.15) is 5.10 Å². The molecule has 0 saturated carbocycles. The Bertz CT molecular complexity index is 1080. The molecule has 4 rings (SSSR count). The number of nitrogens with one attached hydrogen (secondary N) is 1. The molecule has 0 bridgehead atoms. The normalized spacial score (nSPS) is 10.6. The van der Waals surface area contributed by atoms with Gasteiger partial charge in [-0.15, -0.1) is 0 Å². The van der Waals surface area contributed by atoms with E-state index in [-0.39, 0.29) is 5.91 Å². The Labute approximate surface area is 167 Å². The van der Waals surface area contributed by atoms with E-state index >= 15 is 0 Å². The molecule has 4 aromatic rings. The van der Waals surface area contributed by atoms with Gasteiger partial charge in [0.15, 0.2) is 0 Å². The number of halogens is 1. The number of rotatable bonds is 5. The summed E-state index contributed by atoms with van der Waals surface area (Å²) < 4.78 is 1.63. The molecule has 5 nitrogen and oxygen atoms in total. The van der Waals surface area contributed by atoms with Gasteiger partial charge >= 0.3 is 0 Å². The van der Waals surface area contributed by atoms with E-state index in [2.05, 4.69) is 15.4 Å². The molecule has 2 heterocycles. The van der Waals surface area contributed by atoms with Gasteiger partial charge in [0.1, 0.15) is 5.69 Å². The van der Waals surface area contributed by atoms with Crippen LogP contribution in [0.25, 0.3) is 16.9 Å². The summed E-state index contributed by atoms with van der Waals surface area (Å²) in [5.74, 6) is -0.227. The number of hydrogen-bond acceptors (Lipinski definition) is 3. The third kappa shape index (κ3) is 3.94. The molecule has 0 aliphatic heterocycles. The molecule has 1 N–H and O–H groups in total. The summed E-state index contributed by atoms with van der Waals surface area (Å²) in [6, 6.07) is 24.4. The highest BCUT2D eigenvalue weighted by Gasteiger charge is 2.17. The van der Waals surface area contributed by atoms with Crippen molar-refractivity contribution in [2.24, 2.45) is 0 Å². The first-order chi connectivity index (χ1) is 13.7. The van der Waals surface area contributed by atoms with Crippen LogP contribution in [-0.4, -0.2) is 20.7 Å². The molecule has 0 atom stereocenters. The Balaban J connectivity index is 1.68. The van der Waals surface area contributed by atoms with Gasteiger partial charge in [0, 0.05) is 16.8 Å². The van der Waals surface area contributed by atoms with Crippen LogP contribution >= 0.6 is 11.6 Å². The topological polar surface area (TPSA) is 59.8 Å². The van der Waals surface area contributed by atoms with Crippen molar-refractivity contribution in [3.05, 3.63) is 101 Å². The van der Waals surface area contributed by atoms with Gasteiger partial charge in [-0.1, -0.05) is 48.0 Å². The third-order valence-corrected chi connectivity index (χ3v) is 4.49. The Morgan fingerprint density at radius 2 is 1.71 bits per heavy atom. The van der Waals surface area contributed by atoms with Gasteiger partial charge in [-0.05, 0) is 42.5 Å². The maximum Gasteiger partial charge on any atom is 0.270 e. The molecule has 0 spiro atoms. The second kappa shape index (κ2) is 8.06. The summed E-state index contributed by atoms with van der Waals surface area (Å²) in [4.78, 5) is 17.1. The van der Waals surface area contributed by atoms with E-state index in [9.17, 15) is 4.79 Å². The van der Waals surface area contributed by atoms with Crippen LogP contribution in [0.2, 0.25) is 5.02 Å². The minimum atomic E-state index is -0.227. The number of hydrogen-bond donors (Lipinski definition) is 1. The van der Waals surface area contributed by atoms with Crippen molar-refractivity contribution in [1.82, 2.24) is 20.1 Å².